The van der Waals surface area contributed by atoms with Crippen LogP contribution in [0.2, 0.25) is 0 Å². The number of nitrogens with one attached hydrogen (secondary N) is 2. The van der Waals surface area contributed by atoms with Crippen LogP contribution in [0.1, 0.15) is 26.7 Å². The van der Waals surface area contributed by atoms with Crippen molar-refractivity contribution in [2.24, 2.45) is 5.41 Å². The van der Waals surface area contributed by atoms with Gasteiger partial charge in [0.1, 0.15) is 0 Å². The molecule has 0 aliphatic rings. The Labute approximate surface area is 113 Å². The largest absolute Gasteiger partial charge is 0.467 e. The van der Waals surface area contributed by atoms with Crippen molar-refractivity contribution in [1.82, 2.24) is 15.0 Å². The first-order valence-corrected chi connectivity index (χ1v) is 6.33. The summed E-state index contributed by atoms with van der Waals surface area (Å²) in [5, 5.41) is 14.9. The Hall–Kier alpha value is -1.63. The number of rotatable bonds is 8. The van der Waals surface area contributed by atoms with Crippen LogP contribution in [0.25, 0.3) is 0 Å². The summed E-state index contributed by atoms with van der Waals surface area (Å²) in [6.07, 6.45) is 1.72. The molecule has 1 rings (SSSR count). The molecule has 1 aromatic rings. The molecular weight excluding hydrogens is 246 g/mol. The average Bonchev–Trinajstić information content (AvgIpc) is 2.42. The highest BCUT2D eigenvalue weighted by atomic mass is 16.5. The number of aliphatic hydroxyl groups excluding tert-OH is 1. The number of hydrogen-bond acceptors (Lipinski definition) is 7. The highest BCUT2D eigenvalue weighted by molar-refractivity contribution is 5.35. The molecule has 0 fully saturated rings. The molecule has 0 radical (unpaired) electrons. The lowest BCUT2D eigenvalue weighted by Gasteiger charge is -2.24. The summed E-state index contributed by atoms with van der Waals surface area (Å²) in [6, 6.07) is 0.273. The Morgan fingerprint density at radius 1 is 1.21 bits per heavy atom. The molecule has 1 aromatic heterocycles. The molecule has 0 aliphatic carbocycles. The molecule has 0 aliphatic heterocycles. The van der Waals surface area contributed by atoms with Crippen molar-refractivity contribution in [3.05, 3.63) is 0 Å². The molecule has 3 N–H and O–H groups in total. The Kier molecular flexibility index (Phi) is 5.75. The molecule has 0 saturated heterocycles. The quantitative estimate of drug-likeness (QED) is 0.651. The van der Waals surface area contributed by atoms with Crippen LogP contribution >= 0.6 is 0 Å². The SMILES string of the molecule is CNc1nc(NCC(C)(C)CCCO)nc(OC)n1. The molecule has 0 amide bonds. The monoisotopic (exact) mass is 269 g/mol. The average molecular weight is 269 g/mol. The summed E-state index contributed by atoms with van der Waals surface area (Å²) in [6.45, 7) is 5.19. The van der Waals surface area contributed by atoms with Gasteiger partial charge in [0, 0.05) is 20.2 Å². The molecule has 0 bridgehead atoms. The third-order valence-electron chi connectivity index (χ3n) is 2.76. The molecule has 0 saturated carbocycles. The van der Waals surface area contributed by atoms with Gasteiger partial charge in [-0.15, -0.1) is 0 Å². The van der Waals surface area contributed by atoms with Crippen molar-refractivity contribution in [3.63, 3.8) is 0 Å². The second-order valence-electron chi connectivity index (χ2n) is 5.06. The van der Waals surface area contributed by atoms with E-state index in [4.69, 9.17) is 9.84 Å². The lowest BCUT2D eigenvalue weighted by atomic mass is 9.88. The third kappa shape index (κ3) is 5.25. The minimum absolute atomic E-state index is 0.0579. The molecule has 0 atom stereocenters. The maximum absolute atomic E-state index is 8.87. The van der Waals surface area contributed by atoms with E-state index in [1.165, 1.54) is 7.11 Å². The van der Waals surface area contributed by atoms with E-state index in [0.717, 1.165) is 12.8 Å². The fourth-order valence-corrected chi connectivity index (χ4v) is 1.60. The van der Waals surface area contributed by atoms with Crippen LogP contribution in [0.3, 0.4) is 0 Å². The normalized spacial score (nSPS) is 11.2. The predicted molar refractivity (Wildman–Crippen MR) is 74.5 cm³/mol. The number of hydrogen-bond donors (Lipinski definition) is 3. The van der Waals surface area contributed by atoms with Gasteiger partial charge in [0.15, 0.2) is 0 Å². The summed E-state index contributed by atoms with van der Waals surface area (Å²) in [7, 11) is 3.26. The molecule has 1 heterocycles. The number of aromatic nitrogens is 3. The zero-order valence-corrected chi connectivity index (χ0v) is 12.0. The Balaban J connectivity index is 2.66. The van der Waals surface area contributed by atoms with Gasteiger partial charge in [-0.1, -0.05) is 13.8 Å². The van der Waals surface area contributed by atoms with Gasteiger partial charge in [0.2, 0.25) is 11.9 Å². The number of methoxy groups -OCH3 is 1. The predicted octanol–water partition coefficient (Wildman–Crippen LogP) is 1.13. The minimum Gasteiger partial charge on any atom is -0.467 e. The first-order valence-electron chi connectivity index (χ1n) is 6.33. The fraction of sp³-hybridized carbons (Fsp3) is 0.750. The molecule has 0 aromatic carbocycles. The number of anilines is 2. The topological polar surface area (TPSA) is 92.2 Å². The van der Waals surface area contributed by atoms with E-state index in [0.29, 0.717) is 18.4 Å². The van der Waals surface area contributed by atoms with Crippen molar-refractivity contribution in [3.8, 4) is 6.01 Å². The van der Waals surface area contributed by atoms with Crippen LogP contribution in [0.5, 0.6) is 6.01 Å². The van der Waals surface area contributed by atoms with Gasteiger partial charge >= 0.3 is 6.01 Å². The van der Waals surface area contributed by atoms with Crippen LogP contribution in [0.15, 0.2) is 0 Å². The van der Waals surface area contributed by atoms with Gasteiger partial charge in [-0.2, -0.15) is 15.0 Å². The van der Waals surface area contributed by atoms with Crippen LogP contribution in [0, 0.1) is 5.41 Å². The molecule has 0 unspecified atom stereocenters. The van der Waals surface area contributed by atoms with Crippen LogP contribution in [-0.2, 0) is 0 Å². The van der Waals surface area contributed by atoms with Gasteiger partial charge in [-0.25, -0.2) is 0 Å². The van der Waals surface area contributed by atoms with Crippen LogP contribution in [-0.4, -0.2) is 47.4 Å². The van der Waals surface area contributed by atoms with Gasteiger partial charge in [-0.05, 0) is 18.3 Å². The molecule has 0 spiro atoms. The first kappa shape index (κ1) is 15.4. The molecular formula is C12H23N5O2. The highest BCUT2D eigenvalue weighted by Gasteiger charge is 2.18. The lowest BCUT2D eigenvalue weighted by Crippen LogP contribution is -2.24. The number of ether oxygens (including phenoxy) is 1. The van der Waals surface area contributed by atoms with Gasteiger partial charge < -0.3 is 20.5 Å². The Bertz CT molecular complexity index is 375. The maximum Gasteiger partial charge on any atom is 0.322 e. The van der Waals surface area contributed by atoms with Gasteiger partial charge in [-0.3, -0.25) is 0 Å². The second kappa shape index (κ2) is 7.08. The van der Waals surface area contributed by atoms with Crippen LogP contribution in [0.4, 0.5) is 11.9 Å². The molecule has 19 heavy (non-hydrogen) atoms. The highest BCUT2D eigenvalue weighted by Crippen LogP contribution is 2.22. The smallest absolute Gasteiger partial charge is 0.322 e. The summed E-state index contributed by atoms with van der Waals surface area (Å²) in [5.41, 5.74) is 0.0579. The summed E-state index contributed by atoms with van der Waals surface area (Å²) < 4.78 is 5.02. The minimum atomic E-state index is 0.0579. The summed E-state index contributed by atoms with van der Waals surface area (Å²) >= 11 is 0. The second-order valence-corrected chi connectivity index (χ2v) is 5.06. The first-order chi connectivity index (χ1) is 9.00. The van der Waals surface area contributed by atoms with Gasteiger partial charge in [0.05, 0.1) is 7.11 Å². The van der Waals surface area contributed by atoms with E-state index in [1.807, 2.05) is 0 Å². The fourth-order valence-electron chi connectivity index (χ4n) is 1.60. The molecule has 7 heteroatoms. The maximum atomic E-state index is 8.87. The van der Waals surface area contributed by atoms with Crippen LogP contribution < -0.4 is 15.4 Å². The van der Waals surface area contributed by atoms with E-state index < -0.39 is 0 Å². The van der Waals surface area contributed by atoms with E-state index in [-0.39, 0.29) is 18.0 Å². The standard InChI is InChI=1S/C12H23N5O2/c1-12(2,6-5-7-18)8-14-10-15-9(13-3)16-11(17-10)19-4/h18H,5-8H2,1-4H3,(H2,13,14,15,16,17). The van der Waals surface area contributed by atoms with Crippen molar-refractivity contribution in [2.75, 3.05) is 37.9 Å². The van der Waals surface area contributed by atoms with Crippen molar-refractivity contribution < 1.29 is 9.84 Å². The van der Waals surface area contributed by atoms with E-state index >= 15 is 0 Å². The Morgan fingerprint density at radius 3 is 2.47 bits per heavy atom. The summed E-state index contributed by atoms with van der Waals surface area (Å²) in [4.78, 5) is 12.4. The van der Waals surface area contributed by atoms with Gasteiger partial charge in [0.25, 0.3) is 0 Å². The van der Waals surface area contributed by atoms with Crippen molar-refractivity contribution >= 4 is 11.9 Å². The number of nitrogens with zero attached hydrogens (tertiary/aromatic N) is 3. The zero-order valence-electron chi connectivity index (χ0n) is 12.0. The summed E-state index contributed by atoms with van der Waals surface area (Å²) in [5.74, 6) is 0.941. The van der Waals surface area contributed by atoms with Crippen molar-refractivity contribution in [2.45, 2.75) is 26.7 Å². The zero-order chi connectivity index (χ0) is 14.3. The number of aliphatic hydroxyl groups is 1. The lowest BCUT2D eigenvalue weighted by molar-refractivity contribution is 0.247. The third-order valence-corrected chi connectivity index (χ3v) is 2.76. The molecule has 108 valence electrons. The van der Waals surface area contributed by atoms with E-state index in [9.17, 15) is 0 Å². The molecule has 7 nitrogen and oxygen atoms in total. The van der Waals surface area contributed by atoms with E-state index in [2.05, 4.69) is 39.4 Å². The van der Waals surface area contributed by atoms with Crippen molar-refractivity contribution in [1.29, 1.82) is 0 Å². The Morgan fingerprint density at radius 2 is 1.89 bits per heavy atom. The van der Waals surface area contributed by atoms with E-state index in [1.54, 1.807) is 7.05 Å².